The fraction of sp³-hybridized carbons (Fsp3) is 0.714. The number of rotatable bonds is 4. The van der Waals surface area contributed by atoms with Gasteiger partial charge < -0.3 is 10.2 Å². The monoisotopic (exact) mass is 248 g/mol. The van der Waals surface area contributed by atoms with Crippen molar-refractivity contribution in [2.45, 2.75) is 39.7 Å². The Morgan fingerprint density at radius 1 is 1.28 bits per heavy atom. The van der Waals surface area contributed by atoms with Crippen LogP contribution in [0.25, 0.3) is 0 Å². The number of nitrogens with zero attached hydrogens (tertiary/aromatic N) is 3. The Kier molecular flexibility index (Phi) is 4.53. The van der Waals surface area contributed by atoms with Crippen LogP contribution in [0.4, 0.5) is 5.82 Å². The summed E-state index contributed by atoms with van der Waals surface area (Å²) in [5.41, 5.74) is 0.981. The van der Waals surface area contributed by atoms with Crippen molar-refractivity contribution in [3.05, 3.63) is 17.8 Å². The molecular formula is C14H24N4. The van der Waals surface area contributed by atoms with Gasteiger partial charge in [0, 0.05) is 19.1 Å². The van der Waals surface area contributed by atoms with Crippen LogP contribution in [0.2, 0.25) is 0 Å². The first kappa shape index (κ1) is 13.3. The van der Waals surface area contributed by atoms with E-state index < -0.39 is 0 Å². The molecule has 1 aliphatic heterocycles. The molecule has 0 amide bonds. The third kappa shape index (κ3) is 3.67. The minimum Gasteiger partial charge on any atom is -0.355 e. The van der Waals surface area contributed by atoms with Gasteiger partial charge in [0.05, 0.1) is 5.69 Å². The number of anilines is 1. The van der Waals surface area contributed by atoms with E-state index in [9.17, 15) is 0 Å². The molecule has 100 valence electrons. The van der Waals surface area contributed by atoms with E-state index in [2.05, 4.69) is 40.3 Å². The lowest BCUT2D eigenvalue weighted by molar-refractivity contribution is 0.369. The molecule has 0 aromatic carbocycles. The fourth-order valence-corrected chi connectivity index (χ4v) is 2.33. The highest BCUT2D eigenvalue weighted by Gasteiger charge is 2.20. The second-order valence-corrected chi connectivity index (χ2v) is 5.53. The molecular weight excluding hydrogens is 224 g/mol. The van der Waals surface area contributed by atoms with Crippen molar-refractivity contribution in [2.75, 3.05) is 24.5 Å². The van der Waals surface area contributed by atoms with Crippen molar-refractivity contribution in [3.8, 4) is 0 Å². The zero-order valence-corrected chi connectivity index (χ0v) is 11.7. The minimum atomic E-state index is 0.589. The molecule has 0 radical (unpaired) electrons. The van der Waals surface area contributed by atoms with Crippen molar-refractivity contribution in [2.24, 2.45) is 5.92 Å². The standard InChI is InChI=1S/C14H24N4/c1-11(2)15-10-13-6-8-18(9-7-13)14-5-4-12(3)16-17-14/h4-5,11,13,15H,6-10H2,1-3H3. The number of nitrogens with one attached hydrogen (secondary N) is 1. The molecule has 18 heavy (non-hydrogen) atoms. The van der Waals surface area contributed by atoms with Gasteiger partial charge in [-0.15, -0.1) is 5.10 Å². The van der Waals surface area contributed by atoms with Gasteiger partial charge in [0.15, 0.2) is 5.82 Å². The number of aromatic nitrogens is 2. The molecule has 2 heterocycles. The highest BCUT2D eigenvalue weighted by atomic mass is 15.3. The van der Waals surface area contributed by atoms with Crippen LogP contribution in [-0.2, 0) is 0 Å². The molecule has 4 nitrogen and oxygen atoms in total. The van der Waals surface area contributed by atoms with E-state index in [0.717, 1.165) is 37.1 Å². The largest absolute Gasteiger partial charge is 0.355 e. The average molecular weight is 248 g/mol. The van der Waals surface area contributed by atoms with Gasteiger partial charge in [-0.1, -0.05) is 13.8 Å². The van der Waals surface area contributed by atoms with Crippen LogP contribution in [0.3, 0.4) is 0 Å². The van der Waals surface area contributed by atoms with Gasteiger partial charge in [0.25, 0.3) is 0 Å². The topological polar surface area (TPSA) is 41.0 Å². The van der Waals surface area contributed by atoms with E-state index in [1.807, 2.05) is 13.0 Å². The first-order chi connectivity index (χ1) is 8.65. The fourth-order valence-electron chi connectivity index (χ4n) is 2.33. The summed E-state index contributed by atoms with van der Waals surface area (Å²) >= 11 is 0. The van der Waals surface area contributed by atoms with Crippen LogP contribution in [0.5, 0.6) is 0 Å². The number of aryl methyl sites for hydroxylation is 1. The summed E-state index contributed by atoms with van der Waals surface area (Å²) in [6.45, 7) is 9.73. The Hall–Kier alpha value is -1.16. The Bertz CT molecular complexity index is 353. The van der Waals surface area contributed by atoms with Crippen LogP contribution in [-0.4, -0.2) is 35.9 Å². The molecule has 2 rings (SSSR count). The van der Waals surface area contributed by atoms with Gasteiger partial charge in [0.2, 0.25) is 0 Å². The number of piperidine rings is 1. The van der Waals surface area contributed by atoms with E-state index >= 15 is 0 Å². The Balaban J connectivity index is 1.81. The zero-order chi connectivity index (χ0) is 13.0. The molecule has 1 aliphatic rings. The third-order valence-corrected chi connectivity index (χ3v) is 3.54. The lowest BCUT2D eigenvalue weighted by Gasteiger charge is -2.33. The van der Waals surface area contributed by atoms with Gasteiger partial charge >= 0.3 is 0 Å². The van der Waals surface area contributed by atoms with Crippen LogP contribution >= 0.6 is 0 Å². The van der Waals surface area contributed by atoms with Gasteiger partial charge in [-0.05, 0) is 44.4 Å². The van der Waals surface area contributed by atoms with Gasteiger partial charge in [-0.2, -0.15) is 5.10 Å². The quantitative estimate of drug-likeness (QED) is 0.885. The van der Waals surface area contributed by atoms with Gasteiger partial charge in [-0.25, -0.2) is 0 Å². The summed E-state index contributed by atoms with van der Waals surface area (Å²) < 4.78 is 0. The van der Waals surface area contributed by atoms with Crippen molar-refractivity contribution in [1.82, 2.24) is 15.5 Å². The Morgan fingerprint density at radius 2 is 2.00 bits per heavy atom. The van der Waals surface area contributed by atoms with E-state index in [4.69, 9.17) is 0 Å². The predicted octanol–water partition coefficient (Wildman–Crippen LogP) is 2.00. The van der Waals surface area contributed by atoms with E-state index in [0.29, 0.717) is 6.04 Å². The number of hydrogen-bond donors (Lipinski definition) is 1. The second-order valence-electron chi connectivity index (χ2n) is 5.53. The Morgan fingerprint density at radius 3 is 2.56 bits per heavy atom. The molecule has 0 saturated carbocycles. The lowest BCUT2D eigenvalue weighted by Crippen LogP contribution is -2.39. The number of hydrogen-bond acceptors (Lipinski definition) is 4. The van der Waals surface area contributed by atoms with E-state index in [-0.39, 0.29) is 0 Å². The molecule has 0 atom stereocenters. The summed E-state index contributed by atoms with van der Waals surface area (Å²) in [5.74, 6) is 1.83. The summed E-state index contributed by atoms with van der Waals surface area (Å²) in [4.78, 5) is 2.35. The molecule has 0 unspecified atom stereocenters. The average Bonchev–Trinajstić information content (AvgIpc) is 2.38. The maximum atomic E-state index is 4.26. The van der Waals surface area contributed by atoms with Crippen LogP contribution in [0.15, 0.2) is 12.1 Å². The van der Waals surface area contributed by atoms with Crippen LogP contribution in [0.1, 0.15) is 32.4 Å². The first-order valence-electron chi connectivity index (χ1n) is 6.94. The first-order valence-corrected chi connectivity index (χ1v) is 6.94. The second kappa shape index (κ2) is 6.14. The summed E-state index contributed by atoms with van der Waals surface area (Å²) in [6, 6.07) is 4.70. The third-order valence-electron chi connectivity index (χ3n) is 3.54. The SMILES string of the molecule is Cc1ccc(N2CCC(CNC(C)C)CC2)nn1. The molecule has 0 bridgehead atoms. The maximum Gasteiger partial charge on any atom is 0.151 e. The van der Waals surface area contributed by atoms with Gasteiger partial charge in [0.1, 0.15) is 0 Å². The van der Waals surface area contributed by atoms with E-state index in [1.165, 1.54) is 12.8 Å². The van der Waals surface area contributed by atoms with Crippen molar-refractivity contribution >= 4 is 5.82 Å². The predicted molar refractivity (Wildman–Crippen MR) is 74.8 cm³/mol. The molecule has 4 heteroatoms. The molecule has 1 N–H and O–H groups in total. The molecule has 1 aromatic heterocycles. The smallest absolute Gasteiger partial charge is 0.151 e. The highest BCUT2D eigenvalue weighted by molar-refractivity contribution is 5.37. The van der Waals surface area contributed by atoms with Crippen LogP contribution in [0, 0.1) is 12.8 Å². The summed E-state index contributed by atoms with van der Waals surface area (Å²) in [6.07, 6.45) is 2.49. The minimum absolute atomic E-state index is 0.589. The molecule has 1 fully saturated rings. The van der Waals surface area contributed by atoms with Crippen molar-refractivity contribution in [3.63, 3.8) is 0 Å². The highest BCUT2D eigenvalue weighted by Crippen LogP contribution is 2.20. The molecule has 1 aromatic rings. The summed E-state index contributed by atoms with van der Waals surface area (Å²) in [5, 5.41) is 11.9. The lowest BCUT2D eigenvalue weighted by atomic mass is 9.96. The molecule has 0 spiro atoms. The maximum absolute atomic E-state index is 4.26. The normalized spacial score (nSPS) is 17.4. The Labute approximate surface area is 110 Å². The van der Waals surface area contributed by atoms with Crippen molar-refractivity contribution in [1.29, 1.82) is 0 Å². The zero-order valence-electron chi connectivity index (χ0n) is 11.7. The summed E-state index contributed by atoms with van der Waals surface area (Å²) in [7, 11) is 0. The van der Waals surface area contributed by atoms with Crippen molar-refractivity contribution < 1.29 is 0 Å². The van der Waals surface area contributed by atoms with Crippen LogP contribution < -0.4 is 10.2 Å². The van der Waals surface area contributed by atoms with E-state index in [1.54, 1.807) is 0 Å². The molecule has 0 aliphatic carbocycles. The molecule has 1 saturated heterocycles. The van der Waals surface area contributed by atoms with Gasteiger partial charge in [-0.3, -0.25) is 0 Å².